The van der Waals surface area contributed by atoms with E-state index < -0.39 is 11.9 Å². The second-order valence-corrected chi connectivity index (χ2v) is 3.17. The Kier molecular flexibility index (Phi) is 6.09. The minimum Gasteiger partial charge on any atom is -0.466 e. The summed E-state index contributed by atoms with van der Waals surface area (Å²) in [5, 5.41) is 0. The molecule has 0 N–H and O–H groups in total. The lowest BCUT2D eigenvalue weighted by Gasteiger charge is -2.02. The summed E-state index contributed by atoms with van der Waals surface area (Å²) in [5.74, 6) is -1.07. The minimum atomic E-state index is -0.558. The second-order valence-electron chi connectivity index (χ2n) is 3.17. The van der Waals surface area contributed by atoms with Crippen LogP contribution in [0.4, 0.5) is 0 Å². The molecular formula is C11H16O4. The summed E-state index contributed by atoms with van der Waals surface area (Å²) in [5.41, 5.74) is 1.35. The molecule has 0 spiro atoms. The number of methoxy groups -OCH3 is 2. The fourth-order valence-corrected chi connectivity index (χ4v) is 0.848. The molecule has 0 aromatic heterocycles. The summed E-state index contributed by atoms with van der Waals surface area (Å²) in [6.45, 7) is 3.82. The number of ether oxygens (including phenoxy) is 2. The summed E-state index contributed by atoms with van der Waals surface area (Å²) >= 11 is 0. The van der Waals surface area contributed by atoms with Gasteiger partial charge in [-0.3, -0.25) is 0 Å². The third kappa shape index (κ3) is 5.67. The molecule has 0 heterocycles. The Hall–Kier alpha value is -1.58. The van der Waals surface area contributed by atoms with Crippen molar-refractivity contribution in [2.24, 2.45) is 0 Å². The van der Waals surface area contributed by atoms with Gasteiger partial charge in [-0.2, -0.15) is 0 Å². The predicted octanol–water partition coefficient (Wildman–Crippen LogP) is 1.62. The third-order valence-electron chi connectivity index (χ3n) is 1.67. The molecule has 0 aromatic rings. The third-order valence-corrected chi connectivity index (χ3v) is 1.67. The standard InChI is InChI=1S/C11H16O4/c1-8(2)5-6-9(11(13)15-4)7-10(12)14-3/h5,7H,6H2,1-4H3/b9-7-. The number of hydrogen-bond donors (Lipinski definition) is 0. The highest BCUT2D eigenvalue weighted by atomic mass is 16.5. The van der Waals surface area contributed by atoms with E-state index in [-0.39, 0.29) is 5.57 Å². The van der Waals surface area contributed by atoms with Gasteiger partial charge in [-0.25, -0.2) is 9.59 Å². The first kappa shape index (κ1) is 13.4. The first-order chi connectivity index (χ1) is 7.01. The van der Waals surface area contributed by atoms with Gasteiger partial charge in [0.1, 0.15) is 0 Å². The topological polar surface area (TPSA) is 52.6 Å². The van der Waals surface area contributed by atoms with E-state index in [9.17, 15) is 9.59 Å². The smallest absolute Gasteiger partial charge is 0.334 e. The van der Waals surface area contributed by atoms with Crippen LogP contribution in [0, 0.1) is 0 Å². The number of carbonyl (C=O) groups excluding carboxylic acids is 2. The molecule has 0 unspecified atom stereocenters. The van der Waals surface area contributed by atoms with Crippen LogP contribution in [0.15, 0.2) is 23.3 Å². The average Bonchev–Trinajstić information content (AvgIpc) is 2.22. The van der Waals surface area contributed by atoms with Crippen LogP contribution in [0.1, 0.15) is 20.3 Å². The molecule has 0 aliphatic heterocycles. The van der Waals surface area contributed by atoms with Crippen LogP contribution < -0.4 is 0 Å². The molecule has 0 aliphatic carbocycles. The number of esters is 2. The zero-order chi connectivity index (χ0) is 11.8. The van der Waals surface area contributed by atoms with E-state index >= 15 is 0 Å². The number of carbonyl (C=O) groups is 2. The van der Waals surface area contributed by atoms with Crippen LogP contribution in [-0.4, -0.2) is 26.2 Å². The van der Waals surface area contributed by atoms with Crippen LogP contribution in [0.5, 0.6) is 0 Å². The lowest BCUT2D eigenvalue weighted by atomic mass is 10.1. The maximum Gasteiger partial charge on any atom is 0.334 e. The summed E-state index contributed by atoms with van der Waals surface area (Å²) in [6, 6.07) is 0. The van der Waals surface area contributed by atoms with Gasteiger partial charge in [0.25, 0.3) is 0 Å². The fourth-order valence-electron chi connectivity index (χ4n) is 0.848. The quantitative estimate of drug-likeness (QED) is 0.403. The number of allylic oxidation sites excluding steroid dienone is 2. The lowest BCUT2D eigenvalue weighted by Crippen LogP contribution is -2.07. The molecule has 0 fully saturated rings. The first-order valence-electron chi connectivity index (χ1n) is 4.51. The van der Waals surface area contributed by atoms with Gasteiger partial charge in [0.05, 0.1) is 14.2 Å². The minimum absolute atomic E-state index is 0.283. The molecule has 0 saturated heterocycles. The highest BCUT2D eigenvalue weighted by Crippen LogP contribution is 2.07. The van der Waals surface area contributed by atoms with E-state index in [2.05, 4.69) is 9.47 Å². The normalized spacial score (nSPS) is 10.5. The van der Waals surface area contributed by atoms with Crippen LogP contribution >= 0.6 is 0 Å². The monoisotopic (exact) mass is 212 g/mol. The van der Waals surface area contributed by atoms with Gasteiger partial charge in [-0.1, -0.05) is 11.6 Å². The molecule has 84 valence electrons. The first-order valence-corrected chi connectivity index (χ1v) is 4.51. The summed E-state index contributed by atoms with van der Waals surface area (Å²) < 4.78 is 8.98. The van der Waals surface area contributed by atoms with Gasteiger partial charge in [0.15, 0.2) is 0 Å². The second kappa shape index (κ2) is 6.81. The Morgan fingerprint density at radius 2 is 1.73 bits per heavy atom. The number of hydrogen-bond acceptors (Lipinski definition) is 4. The van der Waals surface area contributed by atoms with Crippen molar-refractivity contribution in [3.63, 3.8) is 0 Å². The van der Waals surface area contributed by atoms with Crippen molar-refractivity contribution >= 4 is 11.9 Å². The van der Waals surface area contributed by atoms with Gasteiger partial charge >= 0.3 is 11.9 Å². The molecule has 0 amide bonds. The van der Waals surface area contributed by atoms with E-state index in [0.717, 1.165) is 11.6 Å². The van der Waals surface area contributed by atoms with E-state index in [0.29, 0.717) is 6.42 Å². The van der Waals surface area contributed by atoms with Crippen molar-refractivity contribution in [2.75, 3.05) is 14.2 Å². The van der Waals surface area contributed by atoms with Crippen LogP contribution in [0.3, 0.4) is 0 Å². The zero-order valence-corrected chi connectivity index (χ0v) is 9.49. The molecule has 0 saturated carbocycles. The Morgan fingerprint density at radius 3 is 2.13 bits per heavy atom. The molecule has 0 radical (unpaired) electrons. The van der Waals surface area contributed by atoms with Gasteiger partial charge in [0.2, 0.25) is 0 Å². The molecule has 0 bridgehead atoms. The molecule has 15 heavy (non-hydrogen) atoms. The van der Waals surface area contributed by atoms with E-state index in [4.69, 9.17) is 0 Å². The molecule has 4 nitrogen and oxygen atoms in total. The van der Waals surface area contributed by atoms with Crippen LogP contribution in [0.25, 0.3) is 0 Å². The van der Waals surface area contributed by atoms with Crippen molar-refractivity contribution in [3.8, 4) is 0 Å². The summed E-state index contributed by atoms with van der Waals surface area (Å²) in [7, 11) is 2.53. The maximum atomic E-state index is 11.2. The average molecular weight is 212 g/mol. The van der Waals surface area contributed by atoms with Gasteiger partial charge in [0, 0.05) is 11.6 Å². The van der Waals surface area contributed by atoms with Gasteiger partial charge in [-0.05, 0) is 20.3 Å². The Bertz CT molecular complexity index is 296. The Morgan fingerprint density at radius 1 is 1.13 bits per heavy atom. The largest absolute Gasteiger partial charge is 0.466 e. The molecule has 0 atom stereocenters. The van der Waals surface area contributed by atoms with Crippen molar-refractivity contribution < 1.29 is 19.1 Å². The number of rotatable bonds is 4. The van der Waals surface area contributed by atoms with Gasteiger partial charge < -0.3 is 9.47 Å². The molecule has 0 aliphatic rings. The van der Waals surface area contributed by atoms with E-state index in [1.165, 1.54) is 14.2 Å². The van der Waals surface area contributed by atoms with Crippen molar-refractivity contribution in [3.05, 3.63) is 23.3 Å². The summed E-state index contributed by atoms with van der Waals surface area (Å²) in [4.78, 5) is 22.2. The van der Waals surface area contributed by atoms with Crippen molar-refractivity contribution in [1.29, 1.82) is 0 Å². The lowest BCUT2D eigenvalue weighted by molar-refractivity contribution is -0.138. The molecule has 0 aromatic carbocycles. The zero-order valence-electron chi connectivity index (χ0n) is 9.49. The highest BCUT2D eigenvalue weighted by molar-refractivity contribution is 5.96. The Labute approximate surface area is 89.6 Å². The molecule has 0 rings (SSSR count). The van der Waals surface area contributed by atoms with E-state index in [1.807, 2.05) is 19.9 Å². The molecular weight excluding hydrogens is 196 g/mol. The van der Waals surface area contributed by atoms with Crippen molar-refractivity contribution in [1.82, 2.24) is 0 Å². The van der Waals surface area contributed by atoms with Crippen LogP contribution in [0.2, 0.25) is 0 Å². The maximum absolute atomic E-state index is 11.2. The highest BCUT2D eigenvalue weighted by Gasteiger charge is 2.10. The fraction of sp³-hybridized carbons (Fsp3) is 0.455. The van der Waals surface area contributed by atoms with Gasteiger partial charge in [-0.15, -0.1) is 0 Å². The van der Waals surface area contributed by atoms with E-state index in [1.54, 1.807) is 0 Å². The molecule has 4 heteroatoms. The Balaban J connectivity index is 4.73. The van der Waals surface area contributed by atoms with Crippen molar-refractivity contribution in [2.45, 2.75) is 20.3 Å². The predicted molar refractivity (Wildman–Crippen MR) is 56.2 cm³/mol. The summed E-state index contributed by atoms with van der Waals surface area (Å²) in [6.07, 6.45) is 3.35. The van der Waals surface area contributed by atoms with Crippen LogP contribution in [-0.2, 0) is 19.1 Å². The SMILES string of the molecule is COC(=O)/C=C(/CC=C(C)C)C(=O)OC.